The van der Waals surface area contributed by atoms with E-state index in [1.165, 1.54) is 128 Å². The first-order valence-electron chi connectivity index (χ1n) is 37.5. The Morgan fingerprint density at radius 1 is 0.390 bits per heavy atom. The first-order chi connectivity index (χ1) is 48.2. The summed E-state index contributed by atoms with van der Waals surface area (Å²) >= 11 is 0. The fraction of sp³-hybridized carbons (Fsp3) is 0.943. The number of hydrogen-bond acceptors (Lipinski definition) is 28. The molecule has 0 saturated carbocycles. The number of carbonyl (C=O) groups excluding carboxylic acids is 2. The summed E-state index contributed by atoms with van der Waals surface area (Å²) in [6, 6.07) is -2.81. The van der Waals surface area contributed by atoms with Gasteiger partial charge in [0.25, 0.3) is 0 Å². The van der Waals surface area contributed by atoms with Crippen LogP contribution in [0.25, 0.3) is 0 Å². The Bertz CT molecular complexity index is 2180. The summed E-state index contributed by atoms with van der Waals surface area (Å²) in [5.74, 6) is -1.15. The summed E-state index contributed by atoms with van der Waals surface area (Å²) in [7, 11) is 0. The molecule has 5 rings (SSSR count). The van der Waals surface area contributed by atoms with Crippen LogP contribution in [0.5, 0.6) is 0 Å². The number of amides is 2. The summed E-state index contributed by atoms with van der Waals surface area (Å²) in [4.78, 5) is 26.3. The van der Waals surface area contributed by atoms with Crippen LogP contribution in [-0.2, 0) is 57.0 Å². The van der Waals surface area contributed by atoms with Crippen molar-refractivity contribution in [2.24, 2.45) is 0 Å². The molecule has 0 bridgehead atoms. The van der Waals surface area contributed by atoms with Crippen LogP contribution in [0.1, 0.15) is 213 Å². The Kier molecular flexibility index (Phi) is 43.0. The van der Waals surface area contributed by atoms with Gasteiger partial charge in [-0.3, -0.25) is 9.59 Å². The number of rotatable bonds is 50. The molecule has 586 valence electrons. The van der Waals surface area contributed by atoms with Gasteiger partial charge in [0, 0.05) is 13.3 Å². The molecule has 5 heterocycles. The quantitative estimate of drug-likeness (QED) is 0.0289. The van der Waals surface area contributed by atoms with E-state index in [9.17, 15) is 91.3 Å². The van der Waals surface area contributed by atoms with Crippen molar-refractivity contribution in [3.05, 3.63) is 12.2 Å². The zero-order valence-corrected chi connectivity index (χ0v) is 59.3. The van der Waals surface area contributed by atoms with Gasteiger partial charge in [-0.25, -0.2) is 0 Å². The fourth-order valence-electron chi connectivity index (χ4n) is 13.6. The van der Waals surface area contributed by atoms with E-state index in [-0.39, 0.29) is 12.3 Å². The average Bonchev–Trinajstić information content (AvgIpc) is 0.778. The standard InChI is InChI=1S/C70H128N2O28/c1-4-6-8-10-12-14-16-18-19-20-21-23-25-27-29-31-33-35-50(80)72-43(44(79)34-32-30-28-26-24-22-17-15-13-11-9-7-5-2)41-91-67-59(88)57(86)63(49(40-77)96-67)98-70-60(89)64(53(82)46(37-74)94-70)99-66-51(71-42(3)78)55(84)62(48(39-76)95-66)97-69-61(90)65(54(83)47(38-75)93-69)100-68-58(87)56(85)52(81)45(36-73)92-68/h32,34,43-49,51-70,73-77,79,81-90H,4-31,33,35-41H2,1-3H3,(H,71,78)(H,72,80)/b34-32+/t43-,44+,45?,46?,47?,48?,49?,51?,52-,53-,54-,55+,56-,57+,58?,59?,60?,61?,62+,63+,64-,65-,66-,67+,68-,69-,70-/m0/s1. The molecule has 5 saturated heterocycles. The second-order valence-electron chi connectivity index (χ2n) is 27.8. The molecular formula is C70H128N2O28. The number of aliphatic hydroxyl groups is 16. The van der Waals surface area contributed by atoms with E-state index >= 15 is 0 Å². The highest BCUT2D eigenvalue weighted by Gasteiger charge is 2.57. The summed E-state index contributed by atoms with van der Waals surface area (Å²) in [5, 5.41) is 181. The van der Waals surface area contributed by atoms with Gasteiger partial charge in [-0.15, -0.1) is 0 Å². The van der Waals surface area contributed by atoms with E-state index < -0.39 is 211 Å². The molecule has 5 aliphatic rings. The second-order valence-corrected chi connectivity index (χ2v) is 27.8. The van der Waals surface area contributed by atoms with Gasteiger partial charge in [0.15, 0.2) is 31.5 Å². The van der Waals surface area contributed by atoms with Gasteiger partial charge in [0.1, 0.15) is 122 Å². The van der Waals surface area contributed by atoms with Gasteiger partial charge in [-0.2, -0.15) is 0 Å². The molecule has 0 aromatic heterocycles. The summed E-state index contributed by atoms with van der Waals surface area (Å²) in [6.07, 6.45) is -8.60. The molecule has 5 fully saturated rings. The molecule has 0 aromatic rings. The monoisotopic (exact) mass is 1440 g/mol. The highest BCUT2D eigenvalue weighted by atomic mass is 16.8. The Hall–Kier alpha value is -2.36. The van der Waals surface area contributed by atoms with Crippen molar-refractivity contribution in [3.8, 4) is 0 Å². The number of ether oxygens (including phenoxy) is 10. The molecule has 100 heavy (non-hydrogen) atoms. The molecule has 0 spiro atoms. The number of unbranched alkanes of at least 4 members (excludes halogenated alkanes) is 27. The maximum atomic E-state index is 13.5. The van der Waals surface area contributed by atoms with Crippen molar-refractivity contribution in [3.63, 3.8) is 0 Å². The SMILES string of the molecule is CCCCCCCCCCCCC/C=C/[C@@H](O)[C@H](CO[C@@H]1OC(CO)[C@@H](O[C@@H]2OC(CO)[C@H](O)[C@H](O[C@@H]3OC(CO)[C@@H](O[C@@H]4OC(CO)[C@H](O)[C@H](O[C@@H]5OC(CO)[C@H](O)[C@H](O)C5O)C4O)[C@H](O)C3NC(C)=O)C2O)[C@H](O)C1O)NC(=O)CCCCCCCCCCCCCCCCCCC. The number of allylic oxidation sites excluding steroid dienone is 1. The molecule has 0 radical (unpaired) electrons. The Morgan fingerprint density at radius 2 is 0.740 bits per heavy atom. The molecule has 0 aliphatic carbocycles. The topological polar surface area (TPSA) is 474 Å². The van der Waals surface area contributed by atoms with Crippen LogP contribution in [-0.4, -0.2) is 299 Å². The Labute approximate surface area is 589 Å². The molecule has 10 unspecified atom stereocenters. The maximum absolute atomic E-state index is 13.5. The van der Waals surface area contributed by atoms with Crippen molar-refractivity contribution >= 4 is 11.8 Å². The molecule has 30 heteroatoms. The predicted octanol–water partition coefficient (Wildman–Crippen LogP) is 0.388. The lowest BCUT2D eigenvalue weighted by atomic mass is 9.94. The van der Waals surface area contributed by atoms with Gasteiger partial charge in [0.05, 0.1) is 51.8 Å². The lowest BCUT2D eigenvalue weighted by Crippen LogP contribution is -2.70. The highest BCUT2D eigenvalue weighted by molar-refractivity contribution is 5.76. The third-order valence-electron chi connectivity index (χ3n) is 19.7. The largest absolute Gasteiger partial charge is 0.394 e. The van der Waals surface area contributed by atoms with Crippen LogP contribution in [0.2, 0.25) is 0 Å². The van der Waals surface area contributed by atoms with Crippen molar-refractivity contribution in [1.82, 2.24) is 10.6 Å². The molecule has 2 amide bonds. The summed E-state index contributed by atoms with van der Waals surface area (Å²) in [5.41, 5.74) is 0. The van der Waals surface area contributed by atoms with Gasteiger partial charge >= 0.3 is 0 Å². The van der Waals surface area contributed by atoms with E-state index in [1.807, 2.05) is 6.08 Å². The van der Waals surface area contributed by atoms with Gasteiger partial charge in [-0.05, 0) is 19.3 Å². The van der Waals surface area contributed by atoms with Crippen LogP contribution in [0.4, 0.5) is 0 Å². The van der Waals surface area contributed by atoms with E-state index in [0.29, 0.717) is 12.8 Å². The van der Waals surface area contributed by atoms with Crippen LogP contribution in [0, 0.1) is 0 Å². The number of carbonyl (C=O) groups is 2. The normalized spacial score (nSPS) is 35.6. The van der Waals surface area contributed by atoms with Crippen LogP contribution < -0.4 is 10.6 Å². The second kappa shape index (κ2) is 48.8. The number of nitrogens with one attached hydrogen (secondary N) is 2. The van der Waals surface area contributed by atoms with Gasteiger partial charge in [0.2, 0.25) is 11.8 Å². The van der Waals surface area contributed by atoms with Crippen molar-refractivity contribution in [2.75, 3.05) is 39.6 Å². The maximum Gasteiger partial charge on any atom is 0.220 e. The molecule has 5 aliphatic heterocycles. The minimum absolute atomic E-state index is 0.193. The van der Waals surface area contributed by atoms with Crippen LogP contribution in [0.3, 0.4) is 0 Å². The lowest BCUT2D eigenvalue weighted by molar-refractivity contribution is -0.387. The third kappa shape index (κ3) is 28.1. The first-order valence-corrected chi connectivity index (χ1v) is 37.5. The van der Waals surface area contributed by atoms with Crippen LogP contribution >= 0.6 is 0 Å². The van der Waals surface area contributed by atoms with E-state index in [4.69, 9.17) is 47.4 Å². The first kappa shape index (κ1) is 88.3. The summed E-state index contributed by atoms with van der Waals surface area (Å²) < 4.78 is 58.3. The molecule has 27 atom stereocenters. The van der Waals surface area contributed by atoms with Crippen LogP contribution in [0.15, 0.2) is 12.2 Å². The van der Waals surface area contributed by atoms with Crippen molar-refractivity contribution in [1.29, 1.82) is 0 Å². The molecule has 0 aromatic carbocycles. The average molecular weight is 1450 g/mol. The molecule has 18 N–H and O–H groups in total. The highest BCUT2D eigenvalue weighted by Crippen LogP contribution is 2.37. The Balaban J connectivity index is 1.19. The molecular weight excluding hydrogens is 1320 g/mol. The third-order valence-corrected chi connectivity index (χ3v) is 19.7. The number of aliphatic hydroxyl groups excluding tert-OH is 16. The minimum Gasteiger partial charge on any atom is -0.394 e. The fourth-order valence-corrected chi connectivity index (χ4v) is 13.6. The van der Waals surface area contributed by atoms with Gasteiger partial charge in [-0.1, -0.05) is 193 Å². The number of hydrogen-bond donors (Lipinski definition) is 18. The van der Waals surface area contributed by atoms with Crippen molar-refractivity contribution in [2.45, 2.75) is 379 Å². The zero-order chi connectivity index (χ0) is 73.1. The van der Waals surface area contributed by atoms with E-state index in [2.05, 4.69) is 24.5 Å². The smallest absolute Gasteiger partial charge is 0.220 e. The Morgan fingerprint density at radius 3 is 1.17 bits per heavy atom. The zero-order valence-electron chi connectivity index (χ0n) is 59.3. The molecule has 30 nitrogen and oxygen atoms in total. The lowest BCUT2D eigenvalue weighted by Gasteiger charge is -2.50. The predicted molar refractivity (Wildman–Crippen MR) is 359 cm³/mol. The van der Waals surface area contributed by atoms with E-state index in [1.54, 1.807) is 6.08 Å². The van der Waals surface area contributed by atoms with E-state index in [0.717, 1.165) is 51.9 Å². The van der Waals surface area contributed by atoms with Gasteiger partial charge < -0.3 is 140 Å². The minimum atomic E-state index is -2.15. The summed E-state index contributed by atoms with van der Waals surface area (Å²) in [6.45, 7) is 0.346. The van der Waals surface area contributed by atoms with Crippen molar-refractivity contribution < 1.29 is 139 Å².